The van der Waals surface area contributed by atoms with Crippen molar-refractivity contribution in [3.8, 4) is 33.4 Å². The Morgan fingerprint density at radius 3 is 1.85 bits per heavy atom. The van der Waals surface area contributed by atoms with Crippen molar-refractivity contribution in [3.63, 3.8) is 0 Å². The summed E-state index contributed by atoms with van der Waals surface area (Å²) in [6.45, 7) is 0. The van der Waals surface area contributed by atoms with Gasteiger partial charge < -0.3 is 4.90 Å². The van der Waals surface area contributed by atoms with Gasteiger partial charge in [-0.2, -0.15) is 0 Å². The number of benzene rings is 10. The summed E-state index contributed by atoms with van der Waals surface area (Å²) in [4.78, 5) is 1.48. The van der Waals surface area contributed by atoms with Crippen LogP contribution in [0, 0.1) is 0 Å². The lowest BCUT2D eigenvalue weighted by atomic mass is 9.67. The average molecular weight is 802 g/mol. The van der Waals surface area contributed by atoms with E-state index in [0.717, 1.165) is 64.3 Å². The van der Waals surface area contributed by atoms with E-state index >= 15 is 0 Å². The van der Waals surface area contributed by atoms with E-state index in [9.17, 15) is 11.0 Å². The monoisotopic (exact) mass is 801 g/mol. The molecule has 12 rings (SSSR count). The fraction of sp³-hybridized carbons (Fsp3) is 0.0169. The lowest BCUT2D eigenvalue weighted by Crippen LogP contribution is -2.28. The van der Waals surface area contributed by atoms with Crippen molar-refractivity contribution in [1.82, 2.24) is 0 Å². The first-order valence-corrected chi connectivity index (χ1v) is 21.2. The van der Waals surface area contributed by atoms with Crippen LogP contribution < -0.4 is 4.90 Å². The summed E-state index contributed by atoms with van der Waals surface area (Å²) >= 11 is 1.60. The van der Waals surface area contributed by atoms with Crippen molar-refractivity contribution >= 4 is 59.3 Å². The largest absolute Gasteiger partial charge is 0.310 e. The Balaban J connectivity index is 1.20. The fourth-order valence-corrected chi connectivity index (χ4v) is 10.6. The highest BCUT2D eigenvalue weighted by Gasteiger charge is 2.46. The van der Waals surface area contributed by atoms with Crippen LogP contribution in [0.2, 0.25) is 0 Å². The molecule has 0 saturated heterocycles. The molecule has 0 aliphatic heterocycles. The Morgan fingerprint density at radius 1 is 0.410 bits per heavy atom. The zero-order chi connectivity index (χ0) is 47.3. The van der Waals surface area contributed by atoms with Crippen LogP contribution >= 0.6 is 11.3 Å². The Kier molecular flexibility index (Phi) is 6.59. The van der Waals surface area contributed by atoms with Crippen LogP contribution in [0.15, 0.2) is 236 Å². The third-order valence-corrected chi connectivity index (χ3v) is 13.2. The van der Waals surface area contributed by atoms with Crippen LogP contribution in [0.1, 0.15) is 33.2 Å². The zero-order valence-electron chi connectivity index (χ0n) is 40.8. The maximum Gasteiger partial charge on any atom is 0.0714 e. The van der Waals surface area contributed by atoms with Gasteiger partial charge in [0.2, 0.25) is 0 Å². The number of anilines is 3. The third-order valence-electron chi connectivity index (χ3n) is 12.1. The first-order chi connectivity index (χ1) is 33.6. The second kappa shape index (κ2) is 14.3. The molecule has 0 saturated carbocycles. The number of thiophene rings is 1. The molecule has 0 unspecified atom stereocenters. The van der Waals surface area contributed by atoms with Gasteiger partial charge in [-0.25, -0.2) is 0 Å². The summed E-state index contributed by atoms with van der Waals surface area (Å²) < 4.78 is 80.4. The minimum absolute atomic E-state index is 0.124. The number of rotatable bonds is 7. The van der Waals surface area contributed by atoms with E-state index in [-0.39, 0.29) is 58.8 Å². The van der Waals surface area contributed by atoms with Crippen molar-refractivity contribution in [3.05, 3.63) is 259 Å². The van der Waals surface area contributed by atoms with Crippen LogP contribution in [-0.4, -0.2) is 0 Å². The Bertz CT molecular complexity index is 3830. The molecule has 0 bridgehead atoms. The highest BCUT2D eigenvalue weighted by atomic mass is 32.1. The smallest absolute Gasteiger partial charge is 0.0714 e. The minimum atomic E-state index is -0.872. The molecular formula is C59H39NS. The highest BCUT2D eigenvalue weighted by Crippen LogP contribution is 2.57. The van der Waals surface area contributed by atoms with Gasteiger partial charge in [0, 0.05) is 37.2 Å². The Morgan fingerprint density at radius 2 is 1.03 bits per heavy atom. The Labute approximate surface area is 371 Å². The van der Waals surface area contributed by atoms with Crippen molar-refractivity contribution in [2.45, 2.75) is 5.41 Å². The van der Waals surface area contributed by atoms with Gasteiger partial charge in [0.1, 0.15) is 0 Å². The van der Waals surface area contributed by atoms with E-state index in [0.29, 0.717) is 16.8 Å². The molecule has 1 nitrogen and oxygen atoms in total. The topological polar surface area (TPSA) is 3.24 Å². The molecule has 0 N–H and O–H groups in total. The van der Waals surface area contributed by atoms with Crippen molar-refractivity contribution in [2.24, 2.45) is 0 Å². The maximum absolute atomic E-state index is 10.3. The molecule has 10 aromatic carbocycles. The fourth-order valence-electron chi connectivity index (χ4n) is 9.50. The number of nitrogens with zero attached hydrogens (tertiary/aromatic N) is 1. The predicted octanol–water partition coefficient (Wildman–Crippen LogP) is 16.4. The molecule has 0 spiro atoms. The first kappa shape index (κ1) is 28.0. The molecule has 0 fully saturated rings. The summed E-state index contributed by atoms with van der Waals surface area (Å²) in [5.41, 5.74) is 6.43. The summed E-state index contributed by atoms with van der Waals surface area (Å²) in [7, 11) is 0. The van der Waals surface area contributed by atoms with Crippen LogP contribution in [-0.2, 0) is 5.41 Å². The molecule has 61 heavy (non-hydrogen) atoms. The Hall–Kier alpha value is -7.52. The van der Waals surface area contributed by atoms with Gasteiger partial charge in [-0.15, -0.1) is 11.3 Å². The van der Waals surface area contributed by atoms with Gasteiger partial charge in [0.05, 0.1) is 16.4 Å². The van der Waals surface area contributed by atoms with Crippen LogP contribution in [0.3, 0.4) is 0 Å². The second-order valence-corrected chi connectivity index (χ2v) is 16.4. The average Bonchev–Trinajstić information content (AvgIpc) is 3.92. The summed E-state index contributed by atoms with van der Waals surface area (Å²) in [5, 5.41) is 3.42. The van der Waals surface area contributed by atoms with Gasteiger partial charge in [0.25, 0.3) is 0 Å². The number of fused-ring (bicyclic) bond motifs is 7. The van der Waals surface area contributed by atoms with Crippen molar-refractivity contribution < 1.29 is 11.0 Å². The standard InChI is InChI=1S/C59H39NS/c1-3-19-43(20-4-1)59(44-21-5-2-6-22-44)54-29-11-9-25-51(54)52-37-36-47(39-55(52)59)60(45-34-32-41(33-35-45)49-27-14-17-40-16-7-8-24-48(40)49)46-23-13-18-42(38-46)50-28-15-31-57-58(50)53-26-10-12-30-56(53)61-57/h1-39H/i13D,18D,23D,32D,33D,34D,35D,38D. The highest BCUT2D eigenvalue weighted by molar-refractivity contribution is 7.25. The molecule has 0 atom stereocenters. The van der Waals surface area contributed by atoms with Crippen molar-refractivity contribution in [1.29, 1.82) is 0 Å². The van der Waals surface area contributed by atoms with E-state index in [4.69, 9.17) is 0 Å². The summed E-state index contributed by atoms with van der Waals surface area (Å²) in [6.07, 6.45) is 0. The van der Waals surface area contributed by atoms with E-state index < -0.39 is 17.5 Å². The molecule has 1 heterocycles. The van der Waals surface area contributed by atoms with Crippen LogP contribution in [0.5, 0.6) is 0 Å². The molecule has 1 aliphatic rings. The molecule has 1 aliphatic carbocycles. The van der Waals surface area contributed by atoms with Gasteiger partial charge >= 0.3 is 0 Å². The molecular weight excluding hydrogens is 755 g/mol. The molecule has 0 amide bonds. The van der Waals surface area contributed by atoms with Crippen molar-refractivity contribution in [2.75, 3.05) is 4.90 Å². The third kappa shape index (κ3) is 5.60. The lowest BCUT2D eigenvalue weighted by Gasteiger charge is -2.35. The summed E-state index contributed by atoms with van der Waals surface area (Å²) in [5.74, 6) is 0. The SMILES string of the molecule is [2H]c1c([2H])c(-c2cccc3sc4ccccc4c23)c([2H])c(N(c2ccc3c(c2)C(c2ccccc2)(c2ccccc2)c2ccccc2-3)c2c([2H])c([2H])c(-c3cccc4ccccc34)c([2H])c2[2H])c1[2H]. The van der Waals surface area contributed by atoms with Gasteiger partial charge in [0.15, 0.2) is 0 Å². The van der Waals surface area contributed by atoms with Crippen LogP contribution in [0.25, 0.3) is 64.3 Å². The van der Waals surface area contributed by atoms with E-state index in [1.54, 1.807) is 17.4 Å². The van der Waals surface area contributed by atoms with Gasteiger partial charge in [-0.05, 0) is 115 Å². The minimum Gasteiger partial charge on any atom is -0.310 e. The first-order valence-electron chi connectivity index (χ1n) is 24.4. The second-order valence-electron chi connectivity index (χ2n) is 15.3. The molecule has 0 radical (unpaired) electrons. The van der Waals surface area contributed by atoms with Gasteiger partial charge in [-0.3, -0.25) is 0 Å². The molecule has 1 aromatic heterocycles. The van der Waals surface area contributed by atoms with Crippen LogP contribution in [0.4, 0.5) is 17.1 Å². The molecule has 286 valence electrons. The zero-order valence-corrected chi connectivity index (χ0v) is 33.6. The van der Waals surface area contributed by atoms with E-state index in [1.807, 2.05) is 146 Å². The van der Waals surface area contributed by atoms with E-state index in [1.165, 1.54) is 4.90 Å². The van der Waals surface area contributed by atoms with E-state index in [2.05, 4.69) is 36.4 Å². The quantitative estimate of drug-likeness (QED) is 0.155. The normalized spacial score (nSPS) is 14.6. The molecule has 11 aromatic rings. The number of hydrogen-bond acceptors (Lipinski definition) is 2. The number of hydrogen-bond donors (Lipinski definition) is 0. The van der Waals surface area contributed by atoms with Gasteiger partial charge in [-0.1, -0.05) is 188 Å². The lowest BCUT2D eigenvalue weighted by molar-refractivity contribution is 0.768. The molecule has 2 heteroatoms. The maximum atomic E-state index is 10.3. The summed E-state index contributed by atoms with van der Waals surface area (Å²) in [6, 6.07) is 58.8. The predicted molar refractivity (Wildman–Crippen MR) is 260 cm³/mol.